The van der Waals surface area contributed by atoms with Crippen molar-refractivity contribution >= 4 is 17.6 Å². The number of rotatable bonds is 5. The molecule has 0 bridgehead atoms. The van der Waals surface area contributed by atoms with Crippen molar-refractivity contribution < 1.29 is 9.53 Å². The molecular weight excluding hydrogens is 374 g/mol. The molecule has 1 aliphatic rings. The predicted molar refractivity (Wildman–Crippen MR) is 109 cm³/mol. The molecule has 3 rings (SSSR count). The Bertz CT molecular complexity index is 848. The Kier molecular flexibility index (Phi) is 7.05. The number of carbonyl (C=O) groups excluding carboxylic acids is 1. The van der Waals surface area contributed by atoms with E-state index >= 15 is 0 Å². The van der Waals surface area contributed by atoms with Crippen LogP contribution in [0.1, 0.15) is 29.2 Å². The summed E-state index contributed by atoms with van der Waals surface area (Å²) in [4.78, 5) is 17.1. The topological polar surface area (TPSA) is 56.6 Å². The summed E-state index contributed by atoms with van der Waals surface area (Å²) in [6.45, 7) is 4.18. The number of methoxy groups -OCH3 is 1. The lowest BCUT2D eigenvalue weighted by Crippen LogP contribution is -2.38. The maximum absolute atomic E-state index is 12.5. The van der Waals surface area contributed by atoms with Crippen molar-refractivity contribution in [3.8, 4) is 6.07 Å². The normalized spacial score (nSPS) is 16.8. The molecule has 146 valence electrons. The van der Waals surface area contributed by atoms with Crippen LogP contribution in [0.25, 0.3) is 0 Å². The Hall–Kier alpha value is -2.39. The summed E-state index contributed by atoms with van der Waals surface area (Å²) < 4.78 is 5.08. The molecule has 0 aliphatic carbocycles. The van der Waals surface area contributed by atoms with Crippen LogP contribution in [0.15, 0.2) is 48.5 Å². The molecule has 0 radical (unpaired) electrons. The molecule has 28 heavy (non-hydrogen) atoms. The molecule has 0 N–H and O–H groups in total. The number of ether oxygens (including phenoxy) is 1. The smallest absolute Gasteiger partial charge is 0.327 e. The third kappa shape index (κ3) is 4.90. The fraction of sp³-hybridized carbons (Fsp3) is 0.364. The van der Waals surface area contributed by atoms with Crippen molar-refractivity contribution in [2.24, 2.45) is 0 Å². The summed E-state index contributed by atoms with van der Waals surface area (Å²) in [5.41, 5.74) is 2.64. The standard InChI is InChI=1S/C22H24ClN3O2/c1-28-22(27)21(19-5-2-3-6-20(19)23)26-12-4-11-25(13-14-26)16-18-9-7-17(15-24)8-10-18/h2-3,5-10,21H,4,11-14,16H2,1H3. The summed E-state index contributed by atoms with van der Waals surface area (Å²) in [5, 5.41) is 9.51. The lowest BCUT2D eigenvalue weighted by Gasteiger charge is -2.29. The Morgan fingerprint density at radius 2 is 1.89 bits per heavy atom. The van der Waals surface area contributed by atoms with Crippen molar-refractivity contribution in [1.29, 1.82) is 5.26 Å². The molecule has 1 atom stereocenters. The molecule has 0 aromatic heterocycles. The maximum atomic E-state index is 12.5. The third-order valence-electron chi connectivity index (χ3n) is 5.10. The van der Waals surface area contributed by atoms with Gasteiger partial charge in [-0.1, -0.05) is 41.9 Å². The van der Waals surface area contributed by atoms with E-state index in [0.29, 0.717) is 10.6 Å². The number of benzene rings is 2. The Morgan fingerprint density at radius 1 is 1.14 bits per heavy atom. The fourth-order valence-corrected chi connectivity index (χ4v) is 3.87. The molecule has 1 unspecified atom stereocenters. The zero-order valence-electron chi connectivity index (χ0n) is 16.0. The molecule has 1 saturated heterocycles. The lowest BCUT2D eigenvalue weighted by atomic mass is 10.0. The fourth-order valence-electron chi connectivity index (χ4n) is 3.63. The average molecular weight is 398 g/mol. The Labute approximate surface area is 171 Å². The zero-order chi connectivity index (χ0) is 19.9. The molecule has 2 aromatic carbocycles. The van der Waals surface area contributed by atoms with Gasteiger partial charge in [0.15, 0.2) is 0 Å². The van der Waals surface area contributed by atoms with E-state index in [9.17, 15) is 4.79 Å². The zero-order valence-corrected chi connectivity index (χ0v) is 16.7. The van der Waals surface area contributed by atoms with E-state index in [1.54, 1.807) is 0 Å². The van der Waals surface area contributed by atoms with Gasteiger partial charge in [0.25, 0.3) is 0 Å². The van der Waals surface area contributed by atoms with Gasteiger partial charge in [-0.15, -0.1) is 0 Å². The van der Waals surface area contributed by atoms with E-state index in [4.69, 9.17) is 21.6 Å². The van der Waals surface area contributed by atoms with Gasteiger partial charge in [-0.25, -0.2) is 4.79 Å². The SMILES string of the molecule is COC(=O)C(c1ccccc1Cl)N1CCCN(Cc2ccc(C#N)cc2)CC1. The van der Waals surface area contributed by atoms with Gasteiger partial charge in [0, 0.05) is 31.2 Å². The predicted octanol–water partition coefficient (Wildman–Crippen LogP) is 3.63. The lowest BCUT2D eigenvalue weighted by molar-refractivity contribution is -0.147. The molecule has 1 heterocycles. The molecule has 1 fully saturated rings. The van der Waals surface area contributed by atoms with Crippen LogP contribution in [0, 0.1) is 11.3 Å². The first-order valence-electron chi connectivity index (χ1n) is 9.40. The highest BCUT2D eigenvalue weighted by molar-refractivity contribution is 6.31. The summed E-state index contributed by atoms with van der Waals surface area (Å²) >= 11 is 6.37. The number of esters is 1. The van der Waals surface area contributed by atoms with Crippen LogP contribution in [0.2, 0.25) is 5.02 Å². The van der Waals surface area contributed by atoms with Gasteiger partial charge in [0.05, 0.1) is 18.7 Å². The largest absolute Gasteiger partial charge is 0.468 e. The second-order valence-corrected chi connectivity index (χ2v) is 7.33. The van der Waals surface area contributed by atoms with Crippen LogP contribution in [-0.2, 0) is 16.1 Å². The van der Waals surface area contributed by atoms with Gasteiger partial charge in [-0.05, 0) is 42.3 Å². The van der Waals surface area contributed by atoms with Crippen LogP contribution < -0.4 is 0 Å². The van der Waals surface area contributed by atoms with Crippen LogP contribution in [0.4, 0.5) is 0 Å². The van der Waals surface area contributed by atoms with Crippen molar-refractivity contribution in [1.82, 2.24) is 9.80 Å². The van der Waals surface area contributed by atoms with Gasteiger partial charge in [0.1, 0.15) is 6.04 Å². The number of nitrogens with zero attached hydrogens (tertiary/aromatic N) is 3. The second-order valence-electron chi connectivity index (χ2n) is 6.92. The highest BCUT2D eigenvalue weighted by Gasteiger charge is 2.31. The Balaban J connectivity index is 1.70. The number of halogens is 1. The average Bonchev–Trinajstić information content (AvgIpc) is 2.95. The minimum absolute atomic E-state index is 0.284. The van der Waals surface area contributed by atoms with E-state index in [1.165, 1.54) is 12.7 Å². The van der Waals surface area contributed by atoms with E-state index in [1.807, 2.05) is 48.5 Å². The van der Waals surface area contributed by atoms with Crippen LogP contribution >= 0.6 is 11.6 Å². The third-order valence-corrected chi connectivity index (χ3v) is 5.45. The number of hydrogen-bond donors (Lipinski definition) is 0. The molecule has 0 saturated carbocycles. The van der Waals surface area contributed by atoms with Gasteiger partial charge in [-0.3, -0.25) is 9.80 Å². The summed E-state index contributed by atoms with van der Waals surface area (Å²) in [5.74, 6) is -0.284. The van der Waals surface area contributed by atoms with Crippen molar-refractivity contribution in [2.75, 3.05) is 33.3 Å². The van der Waals surface area contributed by atoms with Gasteiger partial charge >= 0.3 is 5.97 Å². The molecule has 6 heteroatoms. The highest BCUT2D eigenvalue weighted by atomic mass is 35.5. The van der Waals surface area contributed by atoms with E-state index in [-0.39, 0.29) is 5.97 Å². The summed E-state index contributed by atoms with van der Waals surface area (Å²) in [7, 11) is 1.42. The molecule has 2 aromatic rings. The van der Waals surface area contributed by atoms with E-state index < -0.39 is 6.04 Å². The first kappa shape index (κ1) is 20.3. The number of hydrogen-bond acceptors (Lipinski definition) is 5. The van der Waals surface area contributed by atoms with Crippen molar-refractivity contribution in [3.05, 3.63) is 70.2 Å². The first-order chi connectivity index (χ1) is 13.6. The molecular formula is C22H24ClN3O2. The number of carbonyl (C=O) groups is 1. The second kappa shape index (κ2) is 9.70. The first-order valence-corrected chi connectivity index (χ1v) is 9.78. The monoisotopic (exact) mass is 397 g/mol. The maximum Gasteiger partial charge on any atom is 0.327 e. The summed E-state index contributed by atoms with van der Waals surface area (Å²) in [6.07, 6.45) is 0.953. The van der Waals surface area contributed by atoms with Gasteiger partial charge < -0.3 is 4.74 Å². The van der Waals surface area contributed by atoms with Crippen LogP contribution in [0.3, 0.4) is 0 Å². The van der Waals surface area contributed by atoms with Gasteiger partial charge in [-0.2, -0.15) is 5.26 Å². The summed E-state index contributed by atoms with van der Waals surface area (Å²) in [6, 6.07) is 16.8. The quantitative estimate of drug-likeness (QED) is 0.721. The molecule has 0 amide bonds. The highest BCUT2D eigenvalue weighted by Crippen LogP contribution is 2.29. The van der Waals surface area contributed by atoms with Crippen molar-refractivity contribution in [2.45, 2.75) is 19.0 Å². The van der Waals surface area contributed by atoms with Gasteiger partial charge in [0.2, 0.25) is 0 Å². The molecule has 5 nitrogen and oxygen atoms in total. The Morgan fingerprint density at radius 3 is 2.57 bits per heavy atom. The van der Waals surface area contributed by atoms with Crippen LogP contribution in [-0.4, -0.2) is 49.1 Å². The molecule has 0 spiro atoms. The molecule has 1 aliphatic heterocycles. The van der Waals surface area contributed by atoms with E-state index in [2.05, 4.69) is 15.9 Å². The minimum Gasteiger partial charge on any atom is -0.468 e. The van der Waals surface area contributed by atoms with E-state index in [0.717, 1.165) is 44.7 Å². The minimum atomic E-state index is -0.492. The van der Waals surface area contributed by atoms with Crippen LogP contribution in [0.5, 0.6) is 0 Å². The van der Waals surface area contributed by atoms with Crippen molar-refractivity contribution in [3.63, 3.8) is 0 Å². The number of nitriles is 1.